The van der Waals surface area contributed by atoms with Crippen molar-refractivity contribution in [2.45, 2.75) is 0 Å². The van der Waals surface area contributed by atoms with E-state index < -0.39 is 10.0 Å². The molecule has 1 aliphatic rings. The highest BCUT2D eigenvalue weighted by Gasteiger charge is 2.23. The first kappa shape index (κ1) is 14.7. The van der Waals surface area contributed by atoms with Gasteiger partial charge in [0.15, 0.2) is 0 Å². The van der Waals surface area contributed by atoms with E-state index in [0.717, 1.165) is 11.5 Å². The van der Waals surface area contributed by atoms with E-state index in [9.17, 15) is 13.2 Å². The zero-order valence-corrected chi connectivity index (χ0v) is 11.6. The average molecular weight is 281 g/mol. The predicted molar refractivity (Wildman–Crippen MR) is 69.6 cm³/mol. The standard InChI is InChI=1S/C9H19N3O3S2/c1-10-8-9(13)11-2-7-17(14,15)12-3-5-16-6-4-12/h10H,2-8H2,1H3,(H,11,13). The SMILES string of the molecule is CNCC(=O)NCCS(=O)(=O)N1CCSCC1. The molecule has 6 nitrogen and oxygen atoms in total. The fraction of sp³-hybridized carbons (Fsp3) is 0.889. The molecule has 17 heavy (non-hydrogen) atoms. The van der Waals surface area contributed by atoms with Gasteiger partial charge >= 0.3 is 0 Å². The van der Waals surface area contributed by atoms with Crippen LogP contribution in [0.3, 0.4) is 0 Å². The third kappa shape index (κ3) is 5.24. The van der Waals surface area contributed by atoms with E-state index >= 15 is 0 Å². The molecule has 1 rings (SSSR count). The molecule has 8 heteroatoms. The first-order valence-electron chi connectivity index (χ1n) is 5.53. The lowest BCUT2D eigenvalue weighted by Gasteiger charge is -2.25. The maximum Gasteiger partial charge on any atom is 0.233 e. The van der Waals surface area contributed by atoms with Crippen LogP contribution in [0.5, 0.6) is 0 Å². The largest absolute Gasteiger partial charge is 0.354 e. The number of hydrogen-bond acceptors (Lipinski definition) is 5. The Balaban J connectivity index is 2.31. The van der Waals surface area contributed by atoms with Gasteiger partial charge in [-0.05, 0) is 7.05 Å². The molecule has 1 fully saturated rings. The molecule has 0 aromatic heterocycles. The summed E-state index contributed by atoms with van der Waals surface area (Å²) in [6.45, 7) is 1.54. The smallest absolute Gasteiger partial charge is 0.233 e. The van der Waals surface area contributed by atoms with E-state index in [1.165, 1.54) is 4.31 Å². The van der Waals surface area contributed by atoms with E-state index in [1.54, 1.807) is 18.8 Å². The molecule has 0 aliphatic carbocycles. The molecule has 0 bridgehead atoms. The minimum Gasteiger partial charge on any atom is -0.354 e. The van der Waals surface area contributed by atoms with E-state index in [0.29, 0.717) is 13.1 Å². The molecular weight excluding hydrogens is 262 g/mol. The second-order valence-corrected chi connectivity index (χ2v) is 7.02. The molecule has 100 valence electrons. The van der Waals surface area contributed by atoms with Crippen molar-refractivity contribution in [1.82, 2.24) is 14.9 Å². The van der Waals surface area contributed by atoms with E-state index in [4.69, 9.17) is 0 Å². The highest BCUT2D eigenvalue weighted by molar-refractivity contribution is 7.99. The van der Waals surface area contributed by atoms with E-state index in [-0.39, 0.29) is 24.7 Å². The van der Waals surface area contributed by atoms with Crippen LogP contribution in [-0.2, 0) is 14.8 Å². The normalized spacial score (nSPS) is 17.9. The summed E-state index contributed by atoms with van der Waals surface area (Å²) in [5, 5.41) is 5.27. The highest BCUT2D eigenvalue weighted by Crippen LogP contribution is 2.12. The quantitative estimate of drug-likeness (QED) is 0.633. The van der Waals surface area contributed by atoms with Crippen LogP contribution in [0, 0.1) is 0 Å². The van der Waals surface area contributed by atoms with Gasteiger partial charge in [0.05, 0.1) is 12.3 Å². The van der Waals surface area contributed by atoms with Crippen molar-refractivity contribution in [3.05, 3.63) is 0 Å². The Bertz CT molecular complexity index is 339. The Morgan fingerprint density at radius 3 is 2.59 bits per heavy atom. The molecule has 0 aromatic rings. The molecule has 1 saturated heterocycles. The number of nitrogens with one attached hydrogen (secondary N) is 2. The molecular formula is C9H19N3O3S2. The first-order valence-corrected chi connectivity index (χ1v) is 8.29. The Hall–Kier alpha value is -0.310. The summed E-state index contributed by atoms with van der Waals surface area (Å²) in [6.07, 6.45) is 0. The van der Waals surface area contributed by atoms with Crippen LogP contribution < -0.4 is 10.6 Å². The zero-order valence-electron chi connectivity index (χ0n) is 9.94. The van der Waals surface area contributed by atoms with Crippen LogP contribution >= 0.6 is 11.8 Å². The number of carbonyl (C=O) groups excluding carboxylic acids is 1. The molecule has 0 saturated carbocycles. The summed E-state index contributed by atoms with van der Waals surface area (Å²) in [4.78, 5) is 11.1. The summed E-state index contributed by atoms with van der Waals surface area (Å²) in [6, 6.07) is 0. The predicted octanol–water partition coefficient (Wildman–Crippen LogP) is -1.30. The highest BCUT2D eigenvalue weighted by atomic mass is 32.2. The van der Waals surface area contributed by atoms with E-state index in [2.05, 4.69) is 10.6 Å². The Morgan fingerprint density at radius 2 is 2.00 bits per heavy atom. The average Bonchev–Trinajstić information content (AvgIpc) is 2.30. The van der Waals surface area contributed by atoms with Gasteiger partial charge in [-0.3, -0.25) is 4.79 Å². The Morgan fingerprint density at radius 1 is 1.35 bits per heavy atom. The lowest BCUT2D eigenvalue weighted by molar-refractivity contribution is -0.120. The van der Waals surface area contributed by atoms with Crippen molar-refractivity contribution >= 4 is 27.7 Å². The van der Waals surface area contributed by atoms with Crippen molar-refractivity contribution in [3.8, 4) is 0 Å². The van der Waals surface area contributed by atoms with Crippen LogP contribution in [0.4, 0.5) is 0 Å². The number of thioether (sulfide) groups is 1. The maximum absolute atomic E-state index is 11.9. The topological polar surface area (TPSA) is 78.5 Å². The van der Waals surface area contributed by atoms with Gasteiger partial charge in [0, 0.05) is 31.1 Å². The number of carbonyl (C=O) groups is 1. The van der Waals surface area contributed by atoms with Gasteiger partial charge in [0.1, 0.15) is 0 Å². The van der Waals surface area contributed by atoms with Crippen molar-refractivity contribution in [1.29, 1.82) is 0 Å². The molecule has 0 radical (unpaired) electrons. The third-order valence-electron chi connectivity index (χ3n) is 2.38. The molecule has 1 aliphatic heterocycles. The van der Waals surface area contributed by atoms with Gasteiger partial charge in [-0.1, -0.05) is 0 Å². The van der Waals surface area contributed by atoms with Crippen molar-refractivity contribution < 1.29 is 13.2 Å². The van der Waals surface area contributed by atoms with Crippen molar-refractivity contribution in [2.24, 2.45) is 0 Å². The maximum atomic E-state index is 11.9. The summed E-state index contributed by atoms with van der Waals surface area (Å²) < 4.78 is 25.3. The van der Waals surface area contributed by atoms with Crippen LogP contribution in [0.15, 0.2) is 0 Å². The van der Waals surface area contributed by atoms with Crippen LogP contribution in [-0.4, -0.2) is 69.1 Å². The van der Waals surface area contributed by atoms with Gasteiger partial charge < -0.3 is 10.6 Å². The minimum absolute atomic E-state index is 0.0207. The fourth-order valence-corrected chi connectivity index (χ4v) is 3.99. The van der Waals surface area contributed by atoms with E-state index in [1.807, 2.05) is 0 Å². The molecule has 1 heterocycles. The number of likely N-dealkylation sites (N-methyl/N-ethyl adjacent to an activating group) is 1. The molecule has 2 N–H and O–H groups in total. The number of amides is 1. The van der Waals surface area contributed by atoms with Gasteiger partial charge in [-0.15, -0.1) is 0 Å². The second kappa shape index (κ2) is 7.20. The summed E-state index contributed by atoms with van der Waals surface area (Å²) in [5.41, 5.74) is 0. The Kier molecular flexibility index (Phi) is 6.24. The zero-order chi connectivity index (χ0) is 12.7. The monoisotopic (exact) mass is 281 g/mol. The van der Waals surface area contributed by atoms with Crippen molar-refractivity contribution in [2.75, 3.05) is 50.5 Å². The van der Waals surface area contributed by atoms with Gasteiger partial charge in [0.25, 0.3) is 0 Å². The molecule has 0 spiro atoms. The third-order valence-corrected chi connectivity index (χ3v) is 5.20. The molecule has 0 atom stereocenters. The minimum atomic E-state index is -3.21. The lowest BCUT2D eigenvalue weighted by Crippen LogP contribution is -2.42. The summed E-state index contributed by atoms with van der Waals surface area (Å²) in [5.74, 6) is 1.50. The first-order chi connectivity index (χ1) is 8.06. The number of rotatable bonds is 6. The molecule has 0 unspecified atom stereocenters. The van der Waals surface area contributed by atoms with Gasteiger partial charge in [-0.25, -0.2) is 12.7 Å². The van der Waals surface area contributed by atoms with Crippen LogP contribution in [0.1, 0.15) is 0 Å². The number of nitrogens with zero attached hydrogens (tertiary/aromatic N) is 1. The summed E-state index contributed by atoms with van der Waals surface area (Å²) >= 11 is 1.77. The van der Waals surface area contributed by atoms with Gasteiger partial charge in [0.2, 0.25) is 15.9 Å². The fourth-order valence-electron chi connectivity index (χ4n) is 1.50. The van der Waals surface area contributed by atoms with Crippen molar-refractivity contribution in [3.63, 3.8) is 0 Å². The number of sulfonamides is 1. The number of hydrogen-bond donors (Lipinski definition) is 2. The summed E-state index contributed by atoms with van der Waals surface area (Å²) in [7, 11) is -1.54. The van der Waals surface area contributed by atoms with Crippen LogP contribution in [0.2, 0.25) is 0 Å². The van der Waals surface area contributed by atoms with Gasteiger partial charge in [-0.2, -0.15) is 11.8 Å². The molecule has 0 aromatic carbocycles. The lowest BCUT2D eigenvalue weighted by atomic mass is 10.5. The Labute approximate surface area is 107 Å². The molecule has 1 amide bonds. The second-order valence-electron chi connectivity index (χ2n) is 3.71. The van der Waals surface area contributed by atoms with Crippen LogP contribution in [0.25, 0.3) is 0 Å².